The Bertz CT molecular complexity index is 4060. The Hall–Kier alpha value is -8.79. The third-order valence-electron chi connectivity index (χ3n) is 15.1. The lowest BCUT2D eigenvalue weighted by Gasteiger charge is -2.33. The molecule has 4 aliphatic heterocycles. The van der Waals surface area contributed by atoms with E-state index in [0.717, 1.165) is 22.7 Å². The topological polar surface area (TPSA) is 385 Å². The van der Waals surface area contributed by atoms with Gasteiger partial charge in [0.1, 0.15) is 91.2 Å². The minimum absolute atomic E-state index is 0.0122. The molecule has 9 heterocycles. The molecule has 11 rings (SSSR count). The first-order valence-corrected chi connectivity index (χ1v) is 32.2. The van der Waals surface area contributed by atoms with E-state index in [2.05, 4.69) is 49.7 Å². The summed E-state index contributed by atoms with van der Waals surface area (Å²) in [5.41, 5.74) is 7.12. The molecule has 31 heteroatoms. The number of primary amides is 1. The van der Waals surface area contributed by atoms with Crippen LogP contribution in [0.2, 0.25) is 0 Å². The number of aliphatic carboxylic acids is 1. The normalized spacial score (nSPS) is 23.9. The van der Waals surface area contributed by atoms with Gasteiger partial charge in [-0.05, 0) is 43.4 Å². The van der Waals surface area contributed by atoms with Gasteiger partial charge in [-0.2, -0.15) is 0 Å². The van der Waals surface area contributed by atoms with Crippen LogP contribution in [-0.2, 0) is 33.5 Å². The average molecular weight is 1310 g/mol. The SMILES string of the molecule is C=C(NC(=O)C(=C)NC(=O)c1csc(-c2ccc3c(n2)-c2csc(n2)-c2csc(n2)C2[C@@H](C)CC(O)N2C(=O)[C@H](C(O)c2ccccc2)NC(=O)C2CSC(=N2)[C@@H](c2ccccc2)NC(=O)c2nc(sc2C)[C@H](CC(N)=O)NC(=O)C2NC3OC2C)n1)C(=O)O. The number of aromatic nitrogens is 5. The Kier molecular flexibility index (Phi) is 18.4. The average Bonchev–Trinajstić information content (AvgIpc) is 1.74. The fourth-order valence-corrected chi connectivity index (χ4v) is 15.3. The van der Waals surface area contributed by atoms with Crippen LogP contribution in [0.5, 0.6) is 0 Å². The molecule has 0 radical (unpaired) electrons. The van der Waals surface area contributed by atoms with Crippen LogP contribution in [0, 0.1) is 12.8 Å². The molecule has 90 heavy (non-hydrogen) atoms. The molecule has 7 unspecified atom stereocenters. The second-order valence-electron chi connectivity index (χ2n) is 21.3. The van der Waals surface area contributed by atoms with Crippen molar-refractivity contribution in [2.75, 3.05) is 5.75 Å². The van der Waals surface area contributed by atoms with Gasteiger partial charge < -0.3 is 57.3 Å². The largest absolute Gasteiger partial charge is 0.477 e. The summed E-state index contributed by atoms with van der Waals surface area (Å²) in [4.78, 5) is 139. The van der Waals surface area contributed by atoms with Crippen molar-refractivity contribution in [3.8, 4) is 32.8 Å². The molecule has 2 aromatic carbocycles. The number of carboxylic acids is 1. The highest BCUT2D eigenvalue weighted by atomic mass is 32.2. The monoisotopic (exact) mass is 1310 g/mol. The summed E-state index contributed by atoms with van der Waals surface area (Å²) in [6.07, 6.45) is -5.05. The van der Waals surface area contributed by atoms with E-state index in [1.54, 1.807) is 97.4 Å². The summed E-state index contributed by atoms with van der Waals surface area (Å²) in [5.74, 6) is -7.08. The maximum Gasteiger partial charge on any atom is 0.351 e. The van der Waals surface area contributed by atoms with E-state index in [-0.39, 0.29) is 50.9 Å². The molecule has 2 saturated heterocycles. The number of aliphatic hydroxyl groups excluding tert-OH is 2. The van der Waals surface area contributed by atoms with Gasteiger partial charge in [0, 0.05) is 32.3 Å². The Labute approximate surface area is 532 Å². The van der Waals surface area contributed by atoms with Gasteiger partial charge in [0.15, 0.2) is 0 Å². The van der Waals surface area contributed by atoms with Crippen LogP contribution < -0.4 is 37.6 Å². The lowest BCUT2D eigenvalue weighted by Crippen LogP contribution is -2.55. The lowest BCUT2D eigenvalue weighted by atomic mass is 9.99. The Morgan fingerprint density at radius 2 is 1.51 bits per heavy atom. The van der Waals surface area contributed by atoms with Gasteiger partial charge in [-0.1, -0.05) is 86.8 Å². The van der Waals surface area contributed by atoms with Crippen LogP contribution in [0.1, 0.15) is 110 Å². The van der Waals surface area contributed by atoms with Crippen molar-refractivity contribution in [2.24, 2.45) is 16.6 Å². The number of thioether (sulfide) groups is 1. The number of carboxylic acid groups (broad SMARTS) is 1. The number of aliphatic hydroxyl groups is 2. The quantitative estimate of drug-likeness (QED) is 0.0783. The molecule has 0 saturated carbocycles. The third-order valence-corrected chi connectivity index (χ3v) is 19.9. The highest BCUT2D eigenvalue weighted by Gasteiger charge is 2.48. The van der Waals surface area contributed by atoms with Gasteiger partial charge in [-0.25, -0.2) is 29.7 Å². The molecular weight excluding hydrogens is 1260 g/mol. The Balaban J connectivity index is 0.980. The van der Waals surface area contributed by atoms with Crippen molar-refractivity contribution in [2.45, 2.75) is 94.5 Å². The number of pyridine rings is 1. The number of carbonyl (C=O) groups excluding carboxylic acids is 7. The molecule has 464 valence electrons. The zero-order valence-electron chi connectivity index (χ0n) is 47.8. The first-order chi connectivity index (χ1) is 43.1. The predicted octanol–water partition coefficient (Wildman–Crippen LogP) is 4.73. The summed E-state index contributed by atoms with van der Waals surface area (Å²) in [6.45, 7) is 12.0. The molecule has 0 aliphatic carbocycles. The second-order valence-corrected chi connectivity index (χ2v) is 26.2. The first kappa shape index (κ1) is 62.8. The second kappa shape index (κ2) is 26.3. The van der Waals surface area contributed by atoms with Gasteiger partial charge >= 0.3 is 5.97 Å². The molecule has 0 spiro atoms. The van der Waals surface area contributed by atoms with Crippen LogP contribution in [0.25, 0.3) is 32.8 Å². The third kappa shape index (κ3) is 13.1. The predicted molar refractivity (Wildman–Crippen MR) is 334 cm³/mol. The Morgan fingerprint density at radius 3 is 2.24 bits per heavy atom. The Morgan fingerprint density at radius 1 is 0.800 bits per heavy atom. The minimum atomic E-state index is -1.63. The number of thiazole rings is 4. The maximum absolute atomic E-state index is 15.2. The number of amides is 7. The van der Waals surface area contributed by atoms with Crippen molar-refractivity contribution < 1.29 is 58.4 Å². The fourth-order valence-electron chi connectivity index (χ4n) is 10.6. The number of fused-ring (bicyclic) bond motifs is 15. The first-order valence-electron chi connectivity index (χ1n) is 27.8. The summed E-state index contributed by atoms with van der Waals surface area (Å²) in [5, 5.41) is 55.9. The molecule has 11 N–H and O–H groups in total. The van der Waals surface area contributed by atoms with E-state index in [0.29, 0.717) is 48.0 Å². The van der Waals surface area contributed by atoms with Gasteiger partial charge in [0.05, 0.1) is 46.7 Å². The van der Waals surface area contributed by atoms with Crippen LogP contribution in [0.4, 0.5) is 0 Å². The highest BCUT2D eigenvalue weighted by molar-refractivity contribution is 8.14. The number of aliphatic imine (C=N–C) groups is 1. The van der Waals surface area contributed by atoms with E-state index >= 15 is 4.79 Å². The van der Waals surface area contributed by atoms with E-state index in [1.165, 1.54) is 44.7 Å². The minimum Gasteiger partial charge on any atom is -0.477 e. The lowest BCUT2D eigenvalue weighted by molar-refractivity contribution is -0.149. The van der Waals surface area contributed by atoms with Gasteiger partial charge in [-0.3, -0.25) is 43.9 Å². The molecule has 7 aromatic rings. The van der Waals surface area contributed by atoms with E-state index in [9.17, 15) is 43.8 Å². The zero-order chi connectivity index (χ0) is 63.8. The summed E-state index contributed by atoms with van der Waals surface area (Å²) in [7, 11) is 0. The van der Waals surface area contributed by atoms with Crippen LogP contribution >= 0.6 is 57.1 Å². The smallest absolute Gasteiger partial charge is 0.351 e. The van der Waals surface area contributed by atoms with Gasteiger partial charge in [0.25, 0.3) is 23.6 Å². The molecule has 7 amide bonds. The molecule has 26 nitrogen and oxygen atoms in total. The van der Waals surface area contributed by atoms with Crippen molar-refractivity contribution >= 4 is 109 Å². The molecule has 5 aromatic heterocycles. The standard InChI is InChI=1S/C59H56N14O12S5/c1-24-18-39(75)73-45(24)57-68-37(23-89-57)54-65-34(20-86-54)43-31(16-17-32(63-43)53-66-35(21-87-53)48(78)61-25(2)47(77)62-26(3)59(83)84)52-71-40(27(4)85-52)50(80)64-33(19-38(60)74)55-72-41(28(5)90-55)51(81)69-42(29-12-8-6-9-13-29)56-67-36(22-88-56)49(79)70-44(58(73)82)46(76)30-14-10-7-11-15-30/h6-17,20-21,23-24,27,33,36,39-40,42,44-46,52,71,75-76H,2-3,18-19,22H2,1,4-5H3,(H2,60,74)(H,61,78)(H,62,77)(H,64,80)(H,69,81)(H,70,79)(H,83,84)/t24-,27?,33-,36?,39?,40?,42+,44-,45?,46?,52?/m0/s1. The molecule has 11 atom stereocenters. The number of benzene rings is 2. The fraction of sp³-hybridized carbons (Fsp3) is 0.288. The molecular formula is C59H56N14O12S5. The zero-order valence-corrected chi connectivity index (χ0v) is 51.9. The number of aryl methyl sites for hydroxylation is 1. The molecule has 4 aliphatic rings. The van der Waals surface area contributed by atoms with Crippen LogP contribution in [-0.4, -0.2) is 134 Å². The number of hydrogen-bond acceptors (Lipinski definition) is 23. The van der Waals surface area contributed by atoms with E-state index in [4.69, 9.17) is 35.5 Å². The highest BCUT2D eigenvalue weighted by Crippen LogP contribution is 2.45. The van der Waals surface area contributed by atoms with Gasteiger partial charge in [-0.15, -0.1) is 57.1 Å². The van der Waals surface area contributed by atoms with Crippen LogP contribution in [0.15, 0.2) is 118 Å². The summed E-state index contributed by atoms with van der Waals surface area (Å²) < 4.78 is 6.48. The van der Waals surface area contributed by atoms with Crippen molar-refractivity contribution in [1.82, 2.24) is 61.7 Å². The number of nitrogens with one attached hydrogen (secondary N) is 6. The van der Waals surface area contributed by atoms with Crippen molar-refractivity contribution in [3.05, 3.63) is 156 Å². The number of nitrogens with two attached hydrogens (primary N) is 1. The number of carbonyl (C=O) groups is 8. The number of hydrogen-bond donors (Lipinski definition) is 10. The molecule has 10 bridgehead atoms. The molecule has 2 fully saturated rings. The number of rotatable bonds is 11. The van der Waals surface area contributed by atoms with Crippen LogP contribution in [0.3, 0.4) is 0 Å². The van der Waals surface area contributed by atoms with Gasteiger partial charge in [0.2, 0.25) is 17.7 Å². The van der Waals surface area contributed by atoms with Crippen molar-refractivity contribution in [3.63, 3.8) is 0 Å². The number of nitrogens with zero attached hydrogens (tertiary/aromatic N) is 7. The van der Waals surface area contributed by atoms with E-state index < -0.39 is 126 Å². The van der Waals surface area contributed by atoms with E-state index in [1.807, 2.05) is 12.2 Å². The number of ether oxygens (including phenoxy) is 1. The summed E-state index contributed by atoms with van der Waals surface area (Å²) >= 11 is 5.78. The summed E-state index contributed by atoms with van der Waals surface area (Å²) in [6, 6.07) is 13.9. The van der Waals surface area contributed by atoms with Crippen molar-refractivity contribution in [1.29, 1.82) is 0 Å². The maximum atomic E-state index is 15.2.